The third-order valence-corrected chi connectivity index (χ3v) is 5.28. The summed E-state index contributed by atoms with van der Waals surface area (Å²) in [6, 6.07) is 8.44. The maximum Gasteiger partial charge on any atom is 0.573 e. The first-order valence-corrected chi connectivity index (χ1v) is 10.6. The summed E-state index contributed by atoms with van der Waals surface area (Å²) in [5, 5.41) is 11.3. The Hall–Kier alpha value is -4.50. The van der Waals surface area contributed by atoms with Crippen molar-refractivity contribution in [3.63, 3.8) is 0 Å². The molecule has 0 saturated carbocycles. The van der Waals surface area contributed by atoms with Gasteiger partial charge >= 0.3 is 12.3 Å². The van der Waals surface area contributed by atoms with Crippen LogP contribution in [0.5, 0.6) is 5.75 Å². The second-order valence-electron chi connectivity index (χ2n) is 7.79. The Labute approximate surface area is 210 Å². The molecule has 0 aliphatic rings. The lowest BCUT2D eigenvalue weighted by Gasteiger charge is -2.36. The zero-order chi connectivity index (χ0) is 27.6. The summed E-state index contributed by atoms with van der Waals surface area (Å²) in [5.74, 6) is -1.91. The minimum Gasteiger partial charge on any atom is -0.406 e. The molecule has 4 aromatic rings. The number of aliphatic hydroxyl groups is 1. The SMILES string of the molecule is OC(c1cncnc1)(c1ccc(F)cc1F)C(F)(F)c1ccc(C#Cc2ccc(OC(F)(F)F)cc2)cn1. The summed E-state index contributed by atoms with van der Waals surface area (Å²) >= 11 is 0. The lowest BCUT2D eigenvalue weighted by atomic mass is 9.80. The van der Waals surface area contributed by atoms with E-state index in [1.165, 1.54) is 12.1 Å². The molecule has 38 heavy (non-hydrogen) atoms. The number of alkyl halides is 5. The van der Waals surface area contributed by atoms with Crippen LogP contribution in [0.3, 0.4) is 0 Å². The highest BCUT2D eigenvalue weighted by atomic mass is 19.4. The molecule has 194 valence electrons. The van der Waals surface area contributed by atoms with Crippen molar-refractivity contribution in [2.24, 2.45) is 0 Å². The summed E-state index contributed by atoms with van der Waals surface area (Å²) in [5.41, 5.74) is -5.38. The molecule has 2 aromatic carbocycles. The maximum absolute atomic E-state index is 15.8. The van der Waals surface area contributed by atoms with E-state index in [1.54, 1.807) is 0 Å². The second-order valence-corrected chi connectivity index (χ2v) is 7.79. The van der Waals surface area contributed by atoms with Crippen LogP contribution in [0.1, 0.15) is 27.9 Å². The molecule has 0 fully saturated rings. The number of benzene rings is 2. The van der Waals surface area contributed by atoms with E-state index < -0.39 is 52.1 Å². The zero-order valence-corrected chi connectivity index (χ0v) is 18.8. The van der Waals surface area contributed by atoms with E-state index >= 15 is 8.78 Å². The average Bonchev–Trinajstić information content (AvgIpc) is 2.87. The zero-order valence-electron chi connectivity index (χ0n) is 18.8. The topological polar surface area (TPSA) is 68.1 Å². The van der Waals surface area contributed by atoms with E-state index in [2.05, 4.69) is 31.5 Å². The summed E-state index contributed by atoms with van der Waals surface area (Å²) in [4.78, 5) is 10.9. The lowest BCUT2D eigenvalue weighted by molar-refractivity contribution is -0.274. The highest BCUT2D eigenvalue weighted by Gasteiger charge is 2.58. The Kier molecular flexibility index (Phi) is 7.06. The molecule has 5 nitrogen and oxygen atoms in total. The Morgan fingerprint density at radius 2 is 1.39 bits per heavy atom. The summed E-state index contributed by atoms with van der Waals surface area (Å²) in [6.45, 7) is 0. The van der Waals surface area contributed by atoms with Gasteiger partial charge in [-0.05, 0) is 48.5 Å². The molecule has 1 atom stereocenters. The number of pyridine rings is 1. The van der Waals surface area contributed by atoms with Crippen LogP contribution >= 0.6 is 0 Å². The summed E-state index contributed by atoms with van der Waals surface area (Å²) < 4.78 is 100. The molecule has 0 radical (unpaired) electrons. The first-order valence-electron chi connectivity index (χ1n) is 10.6. The van der Waals surface area contributed by atoms with Crippen molar-refractivity contribution in [3.8, 4) is 17.6 Å². The van der Waals surface area contributed by atoms with Crippen molar-refractivity contribution in [2.45, 2.75) is 17.9 Å². The van der Waals surface area contributed by atoms with Crippen molar-refractivity contribution in [1.82, 2.24) is 15.0 Å². The smallest absolute Gasteiger partial charge is 0.406 e. The van der Waals surface area contributed by atoms with Crippen molar-refractivity contribution >= 4 is 0 Å². The normalized spacial score (nSPS) is 13.3. The van der Waals surface area contributed by atoms with E-state index in [0.717, 1.165) is 55.2 Å². The molecule has 2 aromatic heterocycles. The molecule has 0 aliphatic heterocycles. The predicted octanol–water partition coefficient (Wildman–Crippen LogP) is 5.48. The van der Waals surface area contributed by atoms with Crippen LogP contribution in [0.4, 0.5) is 30.7 Å². The molecule has 2 heterocycles. The third kappa shape index (κ3) is 5.42. The second kappa shape index (κ2) is 10.1. The maximum atomic E-state index is 15.8. The van der Waals surface area contributed by atoms with Gasteiger partial charge in [-0.25, -0.2) is 18.7 Å². The van der Waals surface area contributed by atoms with Crippen LogP contribution in [0, 0.1) is 23.5 Å². The molecule has 0 saturated heterocycles. The minimum absolute atomic E-state index is 0.153. The van der Waals surface area contributed by atoms with Crippen LogP contribution in [0.25, 0.3) is 0 Å². The standard InChI is InChI=1S/C26H14F7N3O2/c27-19-6-9-21(22(28)11-19)24(37,18-13-34-15-35-14-18)25(29,30)23-10-5-17(12-36-23)2-1-16-3-7-20(8-4-16)38-26(31,32)33/h3-15,37H. The summed E-state index contributed by atoms with van der Waals surface area (Å²) in [6.07, 6.45) is -1.11. The molecule has 4 rings (SSSR count). The Morgan fingerprint density at radius 1 is 0.763 bits per heavy atom. The molecule has 1 unspecified atom stereocenters. The number of hydrogen-bond donors (Lipinski definition) is 1. The fourth-order valence-corrected chi connectivity index (χ4v) is 3.50. The Bertz CT molecular complexity index is 1480. The van der Waals surface area contributed by atoms with E-state index in [9.17, 15) is 27.1 Å². The van der Waals surface area contributed by atoms with Crippen molar-refractivity contribution in [1.29, 1.82) is 0 Å². The number of halogens is 7. The molecular formula is C26H14F7N3O2. The van der Waals surface area contributed by atoms with Crippen molar-refractivity contribution in [2.75, 3.05) is 0 Å². The van der Waals surface area contributed by atoms with E-state index in [-0.39, 0.29) is 5.56 Å². The predicted molar refractivity (Wildman–Crippen MR) is 119 cm³/mol. The Balaban J connectivity index is 1.66. The highest BCUT2D eigenvalue weighted by molar-refractivity contribution is 5.45. The van der Waals surface area contributed by atoms with Gasteiger partial charge in [-0.2, -0.15) is 8.78 Å². The van der Waals surface area contributed by atoms with Gasteiger partial charge in [0.1, 0.15) is 29.4 Å². The van der Waals surface area contributed by atoms with Crippen LogP contribution in [0.15, 0.2) is 79.5 Å². The van der Waals surface area contributed by atoms with Gasteiger partial charge in [0, 0.05) is 46.9 Å². The molecule has 12 heteroatoms. The van der Waals surface area contributed by atoms with Gasteiger partial charge in [0.05, 0.1) is 0 Å². The van der Waals surface area contributed by atoms with Crippen LogP contribution in [0.2, 0.25) is 0 Å². The van der Waals surface area contributed by atoms with Gasteiger partial charge in [0.25, 0.3) is 0 Å². The monoisotopic (exact) mass is 533 g/mol. The lowest BCUT2D eigenvalue weighted by Crippen LogP contribution is -2.45. The molecule has 0 spiro atoms. The number of nitrogens with zero attached hydrogens (tertiary/aromatic N) is 3. The van der Waals surface area contributed by atoms with Crippen LogP contribution in [-0.4, -0.2) is 26.4 Å². The van der Waals surface area contributed by atoms with Gasteiger partial charge in [-0.1, -0.05) is 11.8 Å². The number of aromatic nitrogens is 3. The van der Waals surface area contributed by atoms with Crippen LogP contribution in [-0.2, 0) is 11.5 Å². The van der Waals surface area contributed by atoms with Gasteiger partial charge in [0.15, 0.2) is 5.60 Å². The van der Waals surface area contributed by atoms with Crippen LogP contribution < -0.4 is 4.74 Å². The largest absolute Gasteiger partial charge is 0.573 e. The molecule has 0 amide bonds. The van der Waals surface area contributed by atoms with E-state index in [0.29, 0.717) is 17.7 Å². The van der Waals surface area contributed by atoms with Gasteiger partial charge in [-0.3, -0.25) is 4.98 Å². The van der Waals surface area contributed by atoms with E-state index in [1.807, 2.05) is 0 Å². The molecular weight excluding hydrogens is 519 g/mol. The number of hydrogen-bond acceptors (Lipinski definition) is 5. The fourth-order valence-electron chi connectivity index (χ4n) is 3.50. The first-order chi connectivity index (χ1) is 17.9. The van der Waals surface area contributed by atoms with Gasteiger partial charge in [-0.15, -0.1) is 13.2 Å². The molecule has 0 aliphatic carbocycles. The highest BCUT2D eigenvalue weighted by Crippen LogP contribution is 2.49. The van der Waals surface area contributed by atoms with Gasteiger partial charge in [0.2, 0.25) is 0 Å². The quantitative estimate of drug-likeness (QED) is 0.272. The molecule has 1 N–H and O–H groups in total. The Morgan fingerprint density at radius 3 is 1.97 bits per heavy atom. The minimum atomic E-state index is -4.84. The first kappa shape index (κ1) is 26.6. The molecule has 0 bridgehead atoms. The van der Waals surface area contributed by atoms with E-state index in [4.69, 9.17) is 0 Å². The van der Waals surface area contributed by atoms with Crippen molar-refractivity contribution in [3.05, 3.63) is 119 Å². The number of rotatable bonds is 5. The number of ether oxygens (including phenoxy) is 1. The van der Waals surface area contributed by atoms with Gasteiger partial charge < -0.3 is 9.84 Å². The fraction of sp³-hybridized carbons (Fsp3) is 0.115. The third-order valence-electron chi connectivity index (χ3n) is 5.28. The van der Waals surface area contributed by atoms with Crippen molar-refractivity contribution < 1.29 is 40.6 Å². The average molecular weight is 533 g/mol. The summed E-state index contributed by atoms with van der Waals surface area (Å²) in [7, 11) is 0.